The maximum atomic E-state index is 13.5. The molecular formula is C20H20ClNO3S3. The van der Waals surface area contributed by atoms with E-state index in [1.807, 2.05) is 43.5 Å². The van der Waals surface area contributed by atoms with E-state index in [1.54, 1.807) is 16.2 Å². The summed E-state index contributed by atoms with van der Waals surface area (Å²) in [5, 5.41) is 3.32. The number of carbonyl (C=O) groups excluding carboxylic acids is 1. The molecule has 28 heavy (non-hydrogen) atoms. The van der Waals surface area contributed by atoms with Crippen molar-refractivity contribution >= 4 is 60.1 Å². The number of carbonyl (C=O) groups is 1. The van der Waals surface area contributed by atoms with Gasteiger partial charge in [-0.25, -0.2) is 8.42 Å². The average molecular weight is 454 g/mol. The summed E-state index contributed by atoms with van der Waals surface area (Å²) in [6.45, 7) is 4.42. The van der Waals surface area contributed by atoms with Crippen molar-refractivity contribution in [3.63, 3.8) is 0 Å². The molecule has 1 atom stereocenters. The molecule has 0 aliphatic carbocycles. The summed E-state index contributed by atoms with van der Waals surface area (Å²) in [6, 6.07) is 7.64. The van der Waals surface area contributed by atoms with Crippen LogP contribution in [0.2, 0.25) is 5.02 Å². The molecule has 4 rings (SSSR count). The number of benzene rings is 1. The van der Waals surface area contributed by atoms with E-state index in [4.69, 9.17) is 11.6 Å². The molecule has 0 N–H and O–H groups in total. The molecular weight excluding hydrogens is 434 g/mol. The molecule has 3 aromatic rings. The predicted octanol–water partition coefficient (Wildman–Crippen LogP) is 5.06. The Kier molecular flexibility index (Phi) is 5.29. The summed E-state index contributed by atoms with van der Waals surface area (Å²) in [6.07, 6.45) is 0.472. The Bertz CT molecular complexity index is 1160. The first-order valence-electron chi connectivity index (χ1n) is 8.98. The van der Waals surface area contributed by atoms with Crippen LogP contribution >= 0.6 is 34.3 Å². The third kappa shape index (κ3) is 3.73. The van der Waals surface area contributed by atoms with E-state index in [2.05, 4.69) is 0 Å². The number of thiophene rings is 2. The molecule has 0 spiro atoms. The Morgan fingerprint density at radius 3 is 2.71 bits per heavy atom. The molecule has 1 aliphatic rings. The minimum absolute atomic E-state index is 0.0186. The predicted molar refractivity (Wildman–Crippen MR) is 118 cm³/mol. The van der Waals surface area contributed by atoms with E-state index in [0.29, 0.717) is 22.9 Å². The van der Waals surface area contributed by atoms with Gasteiger partial charge in [0.15, 0.2) is 9.84 Å². The fourth-order valence-electron chi connectivity index (χ4n) is 3.55. The molecule has 0 radical (unpaired) electrons. The smallest absolute Gasteiger partial charge is 0.266 e. The second-order valence-electron chi connectivity index (χ2n) is 7.26. The quantitative estimate of drug-likeness (QED) is 0.554. The Morgan fingerprint density at radius 1 is 1.29 bits per heavy atom. The molecule has 4 nitrogen and oxygen atoms in total. The highest BCUT2D eigenvalue weighted by Gasteiger charge is 2.36. The zero-order chi connectivity index (χ0) is 20.1. The van der Waals surface area contributed by atoms with Gasteiger partial charge in [-0.05, 0) is 48.9 Å². The third-order valence-electron chi connectivity index (χ3n) is 5.17. The highest BCUT2D eigenvalue weighted by atomic mass is 35.5. The molecule has 1 amide bonds. The number of halogens is 1. The first-order chi connectivity index (χ1) is 13.2. The first-order valence-corrected chi connectivity index (χ1v) is 12.9. The van der Waals surface area contributed by atoms with E-state index in [0.717, 1.165) is 26.1 Å². The first kappa shape index (κ1) is 19.9. The summed E-state index contributed by atoms with van der Waals surface area (Å²) in [5.41, 5.74) is 2.22. The van der Waals surface area contributed by atoms with Crippen LogP contribution in [0.4, 0.5) is 0 Å². The molecule has 8 heteroatoms. The maximum absolute atomic E-state index is 13.5. The number of fused-ring (bicyclic) bond motifs is 1. The lowest BCUT2D eigenvalue weighted by molar-refractivity contribution is 0.0688. The van der Waals surface area contributed by atoms with Crippen LogP contribution in [0.5, 0.6) is 0 Å². The van der Waals surface area contributed by atoms with Crippen molar-refractivity contribution in [1.29, 1.82) is 0 Å². The van der Waals surface area contributed by atoms with E-state index < -0.39 is 9.84 Å². The van der Waals surface area contributed by atoms with Gasteiger partial charge in [-0.3, -0.25) is 4.79 Å². The van der Waals surface area contributed by atoms with Gasteiger partial charge < -0.3 is 4.90 Å². The van der Waals surface area contributed by atoms with Gasteiger partial charge in [-0.1, -0.05) is 23.7 Å². The lowest BCUT2D eigenvalue weighted by Crippen LogP contribution is -2.40. The molecule has 1 fully saturated rings. The number of rotatable bonds is 4. The fraction of sp³-hybridized carbons (Fsp3) is 0.350. The standard InChI is InChI=1S/C20H20ClNO3S3/c1-12-3-4-15-16(9-12)27-19(18(15)21)20(23)22(10-17-13(2)5-7-26-17)14-6-8-28(24,25)11-14/h3-5,7,9,14H,6,8,10-11H2,1-2H3/t14-/m1/s1. The molecule has 1 saturated heterocycles. The van der Waals surface area contributed by atoms with Gasteiger partial charge in [0, 0.05) is 21.0 Å². The molecule has 1 aromatic carbocycles. The van der Waals surface area contributed by atoms with Gasteiger partial charge in [0.25, 0.3) is 5.91 Å². The van der Waals surface area contributed by atoms with Gasteiger partial charge in [0.2, 0.25) is 0 Å². The van der Waals surface area contributed by atoms with Crippen LogP contribution in [0.25, 0.3) is 10.1 Å². The van der Waals surface area contributed by atoms with Crippen molar-refractivity contribution in [2.75, 3.05) is 11.5 Å². The number of sulfone groups is 1. The van der Waals surface area contributed by atoms with Crippen LogP contribution in [0.1, 0.15) is 32.1 Å². The monoisotopic (exact) mass is 453 g/mol. The summed E-state index contributed by atoms with van der Waals surface area (Å²) >= 11 is 9.54. The minimum atomic E-state index is -3.11. The molecule has 2 aromatic heterocycles. The highest BCUT2D eigenvalue weighted by molar-refractivity contribution is 7.91. The van der Waals surface area contributed by atoms with E-state index in [-0.39, 0.29) is 23.5 Å². The second kappa shape index (κ2) is 7.44. The molecule has 0 bridgehead atoms. The SMILES string of the molecule is Cc1ccc2c(Cl)c(C(=O)N(Cc3sccc3C)[C@@H]3CCS(=O)(=O)C3)sc2c1. The van der Waals surface area contributed by atoms with Crippen LogP contribution in [-0.4, -0.2) is 36.8 Å². The number of amides is 1. The molecule has 0 unspecified atom stereocenters. The zero-order valence-electron chi connectivity index (χ0n) is 15.6. The number of aryl methyl sites for hydroxylation is 2. The Labute approximate surface area is 177 Å². The van der Waals surface area contributed by atoms with Crippen LogP contribution in [0.15, 0.2) is 29.6 Å². The zero-order valence-corrected chi connectivity index (χ0v) is 18.8. The Morgan fingerprint density at radius 2 is 2.07 bits per heavy atom. The van der Waals surface area contributed by atoms with Gasteiger partial charge in [0.05, 0.1) is 23.1 Å². The second-order valence-corrected chi connectivity index (χ2v) is 11.9. The van der Waals surface area contributed by atoms with Gasteiger partial charge in [-0.15, -0.1) is 22.7 Å². The van der Waals surface area contributed by atoms with Crippen molar-refractivity contribution in [2.24, 2.45) is 0 Å². The summed E-state index contributed by atoms with van der Waals surface area (Å²) in [4.78, 5) is 16.8. The number of hydrogen-bond acceptors (Lipinski definition) is 5. The van der Waals surface area contributed by atoms with Crippen molar-refractivity contribution in [1.82, 2.24) is 4.90 Å². The summed E-state index contributed by atoms with van der Waals surface area (Å²) < 4.78 is 25.1. The van der Waals surface area contributed by atoms with Gasteiger partial charge >= 0.3 is 0 Å². The highest BCUT2D eigenvalue weighted by Crippen LogP contribution is 2.38. The Balaban J connectivity index is 1.74. The summed E-state index contributed by atoms with van der Waals surface area (Å²) in [7, 11) is -3.11. The van der Waals surface area contributed by atoms with Gasteiger partial charge in [0.1, 0.15) is 4.88 Å². The fourth-order valence-corrected chi connectivity index (χ4v) is 7.75. The molecule has 3 heterocycles. The van der Waals surface area contributed by atoms with Crippen molar-refractivity contribution in [3.05, 3.63) is 55.5 Å². The lowest BCUT2D eigenvalue weighted by atomic mass is 10.1. The van der Waals surface area contributed by atoms with E-state index in [1.165, 1.54) is 11.3 Å². The van der Waals surface area contributed by atoms with Gasteiger partial charge in [-0.2, -0.15) is 0 Å². The molecule has 148 valence electrons. The van der Waals surface area contributed by atoms with Crippen LogP contribution in [0.3, 0.4) is 0 Å². The normalized spacial score (nSPS) is 18.6. The van der Waals surface area contributed by atoms with Crippen molar-refractivity contribution < 1.29 is 13.2 Å². The third-order valence-corrected chi connectivity index (χ3v) is 9.57. The van der Waals surface area contributed by atoms with E-state index in [9.17, 15) is 13.2 Å². The minimum Gasteiger partial charge on any atom is -0.329 e. The van der Waals surface area contributed by atoms with Crippen LogP contribution < -0.4 is 0 Å². The van der Waals surface area contributed by atoms with Crippen molar-refractivity contribution in [2.45, 2.75) is 32.9 Å². The molecule has 0 saturated carbocycles. The maximum Gasteiger partial charge on any atom is 0.266 e. The molecule has 1 aliphatic heterocycles. The number of nitrogens with zero attached hydrogens (tertiary/aromatic N) is 1. The number of hydrogen-bond donors (Lipinski definition) is 0. The largest absolute Gasteiger partial charge is 0.329 e. The van der Waals surface area contributed by atoms with Crippen molar-refractivity contribution in [3.8, 4) is 0 Å². The lowest BCUT2D eigenvalue weighted by Gasteiger charge is -2.28. The van der Waals surface area contributed by atoms with Crippen LogP contribution in [-0.2, 0) is 16.4 Å². The Hall–Kier alpha value is -1.41. The van der Waals surface area contributed by atoms with Crippen LogP contribution in [0, 0.1) is 13.8 Å². The van der Waals surface area contributed by atoms with E-state index >= 15 is 0 Å². The summed E-state index contributed by atoms with van der Waals surface area (Å²) in [5.74, 6) is -0.0339. The average Bonchev–Trinajstić information content (AvgIpc) is 3.30. The topological polar surface area (TPSA) is 54.5 Å².